The largest absolute Gasteiger partial charge is 0.467 e. The van der Waals surface area contributed by atoms with Crippen LogP contribution < -0.4 is 0 Å². The van der Waals surface area contributed by atoms with Gasteiger partial charge in [-0.1, -0.05) is 156 Å². The topological polar surface area (TPSA) is 9.23 Å². The first-order chi connectivity index (χ1) is 18.3. The number of hydrogen-bond donors (Lipinski definition) is 0. The van der Waals surface area contributed by atoms with Crippen LogP contribution in [-0.2, 0) is 4.74 Å². The molecule has 0 aromatic carbocycles. The van der Waals surface area contributed by atoms with E-state index >= 15 is 0 Å². The molecule has 1 heteroatoms. The Hall–Kier alpha value is -0.720. The molecule has 0 aliphatic heterocycles. The van der Waals surface area contributed by atoms with Gasteiger partial charge in [0.15, 0.2) is 0 Å². The van der Waals surface area contributed by atoms with E-state index in [-0.39, 0.29) is 0 Å². The van der Waals surface area contributed by atoms with Gasteiger partial charge in [0, 0.05) is 12.8 Å². The maximum Gasteiger partial charge on any atom is 0.0996 e. The van der Waals surface area contributed by atoms with Gasteiger partial charge in [0.2, 0.25) is 0 Å². The first-order valence-corrected chi connectivity index (χ1v) is 17.3. The fraction of sp³-hybridized carbons (Fsp3) is 0.889. The minimum Gasteiger partial charge on any atom is -0.467 e. The Labute approximate surface area is 235 Å². The molecule has 0 N–H and O–H groups in total. The molecule has 0 aliphatic carbocycles. The number of rotatable bonds is 30. The highest BCUT2D eigenvalue weighted by atomic mass is 16.5. The van der Waals surface area contributed by atoms with Crippen LogP contribution in [0.2, 0.25) is 0 Å². The van der Waals surface area contributed by atoms with Gasteiger partial charge in [-0.15, -0.1) is 0 Å². The lowest BCUT2D eigenvalue weighted by atomic mass is 10.1. The van der Waals surface area contributed by atoms with E-state index in [1.807, 2.05) is 0 Å². The van der Waals surface area contributed by atoms with Gasteiger partial charge >= 0.3 is 0 Å². The van der Waals surface area contributed by atoms with E-state index in [0.29, 0.717) is 0 Å². The minimum atomic E-state index is 1.13. The van der Waals surface area contributed by atoms with Gasteiger partial charge < -0.3 is 4.74 Å². The molecular weight excluding hydrogens is 448 g/mol. The highest BCUT2D eigenvalue weighted by Gasteiger charge is 2.06. The van der Waals surface area contributed by atoms with Crippen LogP contribution in [0.5, 0.6) is 0 Å². The van der Waals surface area contributed by atoms with Gasteiger partial charge in [0.1, 0.15) is 0 Å². The van der Waals surface area contributed by atoms with E-state index in [2.05, 4.69) is 39.8 Å². The first-order valence-electron chi connectivity index (χ1n) is 17.3. The molecule has 0 aromatic heterocycles. The van der Waals surface area contributed by atoms with Crippen LogP contribution in [0.3, 0.4) is 0 Å². The zero-order valence-electron chi connectivity index (χ0n) is 26.4. The van der Waals surface area contributed by atoms with Crippen molar-refractivity contribution in [2.75, 3.05) is 0 Å². The summed E-state index contributed by atoms with van der Waals surface area (Å²) >= 11 is 0. The molecule has 0 saturated heterocycles. The smallest absolute Gasteiger partial charge is 0.0996 e. The highest BCUT2D eigenvalue weighted by Crippen LogP contribution is 2.23. The fourth-order valence-corrected chi connectivity index (χ4v) is 5.09. The second kappa shape index (κ2) is 31.5. The zero-order valence-corrected chi connectivity index (χ0v) is 26.4. The molecule has 0 amide bonds. The molecule has 0 saturated carbocycles. The summed E-state index contributed by atoms with van der Waals surface area (Å²) < 4.78 is 6.72. The van der Waals surface area contributed by atoms with Gasteiger partial charge in [-0.05, 0) is 50.7 Å². The summed E-state index contributed by atoms with van der Waals surface area (Å²) in [5.41, 5.74) is 0. The third-order valence-electron chi connectivity index (χ3n) is 7.68. The molecular formula is C36H70O. The van der Waals surface area contributed by atoms with Crippen LogP contribution in [0.25, 0.3) is 0 Å². The number of unbranched alkanes of at least 4 members (excludes halogenated alkanes) is 22. The molecule has 0 unspecified atom stereocenters. The Morgan fingerprint density at radius 3 is 0.946 bits per heavy atom. The van der Waals surface area contributed by atoms with Crippen molar-refractivity contribution >= 4 is 0 Å². The molecule has 0 rings (SSSR count). The van der Waals surface area contributed by atoms with Gasteiger partial charge in [-0.2, -0.15) is 0 Å². The molecule has 0 atom stereocenters. The number of hydrogen-bond acceptors (Lipinski definition) is 1. The van der Waals surface area contributed by atoms with Crippen LogP contribution in [0.1, 0.15) is 207 Å². The maximum absolute atomic E-state index is 6.72. The molecule has 0 heterocycles. The van der Waals surface area contributed by atoms with Crippen LogP contribution in [-0.4, -0.2) is 0 Å². The Morgan fingerprint density at radius 2 is 0.622 bits per heavy atom. The second-order valence-electron chi connectivity index (χ2n) is 11.6. The molecule has 0 fully saturated rings. The van der Waals surface area contributed by atoms with Gasteiger partial charge in [0.05, 0.1) is 11.5 Å². The number of ether oxygens (including phenoxy) is 1. The normalized spacial score (nSPS) is 12.4. The third kappa shape index (κ3) is 28.1. The van der Waals surface area contributed by atoms with Crippen molar-refractivity contribution in [3.8, 4) is 0 Å². The van der Waals surface area contributed by atoms with Crippen LogP contribution in [0.4, 0.5) is 0 Å². The zero-order chi connectivity index (χ0) is 27.1. The Bertz CT molecular complexity index is 445. The fourth-order valence-electron chi connectivity index (χ4n) is 5.09. The quantitative estimate of drug-likeness (QED) is 0.0678. The monoisotopic (exact) mass is 519 g/mol. The van der Waals surface area contributed by atoms with Crippen molar-refractivity contribution in [3.63, 3.8) is 0 Å². The van der Waals surface area contributed by atoms with Gasteiger partial charge in [0.25, 0.3) is 0 Å². The van der Waals surface area contributed by atoms with E-state index in [1.54, 1.807) is 0 Å². The summed E-state index contributed by atoms with van der Waals surface area (Å²) in [6.07, 6.45) is 42.3. The van der Waals surface area contributed by atoms with Crippen molar-refractivity contribution in [3.05, 3.63) is 23.7 Å². The van der Waals surface area contributed by atoms with E-state index in [4.69, 9.17) is 4.74 Å². The van der Waals surface area contributed by atoms with E-state index < -0.39 is 0 Å². The SMILES string of the molecule is CCCCCCCC/C=C(/CCCCCCCC)O/C(=C\CCCCCCCC)CCCCCCCC. The molecule has 0 aliphatic rings. The summed E-state index contributed by atoms with van der Waals surface area (Å²) in [5.74, 6) is 2.56. The average Bonchev–Trinajstić information content (AvgIpc) is 2.91. The Balaban J connectivity index is 4.84. The minimum absolute atomic E-state index is 1.13. The standard InChI is InChI=1S/C36H70O/c1-5-9-13-17-21-25-29-33-35(31-27-23-19-15-11-7-3)37-36(32-28-24-20-16-12-8-4)34-30-26-22-18-14-10-6-2/h33-34H,5-32H2,1-4H3/b35-33-,36-34-. The molecule has 37 heavy (non-hydrogen) atoms. The molecule has 0 spiro atoms. The molecule has 220 valence electrons. The first kappa shape index (κ1) is 36.3. The Morgan fingerprint density at radius 1 is 0.351 bits per heavy atom. The second-order valence-corrected chi connectivity index (χ2v) is 11.6. The van der Waals surface area contributed by atoms with Crippen molar-refractivity contribution in [1.29, 1.82) is 0 Å². The highest BCUT2D eigenvalue weighted by molar-refractivity contribution is 5.02. The third-order valence-corrected chi connectivity index (χ3v) is 7.68. The van der Waals surface area contributed by atoms with Gasteiger partial charge in [-0.3, -0.25) is 0 Å². The van der Waals surface area contributed by atoms with Crippen molar-refractivity contribution in [2.24, 2.45) is 0 Å². The van der Waals surface area contributed by atoms with Crippen molar-refractivity contribution in [1.82, 2.24) is 0 Å². The lowest BCUT2D eigenvalue weighted by molar-refractivity contribution is 0.266. The summed E-state index contributed by atoms with van der Waals surface area (Å²) in [6, 6.07) is 0. The molecule has 0 aromatic rings. The average molecular weight is 519 g/mol. The lowest BCUT2D eigenvalue weighted by Gasteiger charge is -2.15. The molecule has 0 bridgehead atoms. The van der Waals surface area contributed by atoms with E-state index in [9.17, 15) is 0 Å². The predicted molar refractivity (Wildman–Crippen MR) is 169 cm³/mol. The van der Waals surface area contributed by atoms with Crippen LogP contribution in [0.15, 0.2) is 23.7 Å². The summed E-state index contributed by atoms with van der Waals surface area (Å²) in [5, 5.41) is 0. The van der Waals surface area contributed by atoms with Crippen molar-refractivity contribution < 1.29 is 4.74 Å². The van der Waals surface area contributed by atoms with Crippen LogP contribution in [0, 0.1) is 0 Å². The molecule has 0 radical (unpaired) electrons. The summed E-state index contributed by atoms with van der Waals surface area (Å²) in [7, 11) is 0. The Kier molecular flexibility index (Phi) is 30.9. The maximum atomic E-state index is 6.72. The summed E-state index contributed by atoms with van der Waals surface area (Å²) in [6.45, 7) is 9.22. The lowest BCUT2D eigenvalue weighted by Crippen LogP contribution is -1.97. The number of allylic oxidation sites excluding steroid dienone is 4. The molecule has 1 nitrogen and oxygen atoms in total. The van der Waals surface area contributed by atoms with Gasteiger partial charge in [-0.25, -0.2) is 0 Å². The van der Waals surface area contributed by atoms with Crippen LogP contribution >= 0.6 is 0 Å². The summed E-state index contributed by atoms with van der Waals surface area (Å²) in [4.78, 5) is 0. The predicted octanol–water partition coefficient (Wildman–Crippen LogP) is 13.8. The van der Waals surface area contributed by atoms with Crippen molar-refractivity contribution in [2.45, 2.75) is 207 Å². The van der Waals surface area contributed by atoms with E-state index in [0.717, 1.165) is 12.8 Å². The van der Waals surface area contributed by atoms with E-state index in [1.165, 1.54) is 178 Å².